The van der Waals surface area contributed by atoms with Crippen LogP contribution in [0.2, 0.25) is 0 Å². The second kappa shape index (κ2) is 5.73. The standard InChI is InChI=1S/C4H6O2.Fe/c1-3-4(5)6-2;/h3H,1H2,2H3;. The molecule has 0 aliphatic carbocycles. The monoisotopic (exact) mass is 142 g/mol. The van der Waals surface area contributed by atoms with Crippen molar-refractivity contribution in [3.05, 3.63) is 12.7 Å². The van der Waals surface area contributed by atoms with Gasteiger partial charge in [-0.2, -0.15) is 0 Å². The second-order valence-electron chi connectivity index (χ2n) is 0.727. The Labute approximate surface area is 53.0 Å². The van der Waals surface area contributed by atoms with E-state index in [0.717, 1.165) is 6.08 Å². The van der Waals surface area contributed by atoms with Crippen LogP contribution in [0.4, 0.5) is 0 Å². The van der Waals surface area contributed by atoms with Crippen molar-refractivity contribution in [2.45, 2.75) is 0 Å². The van der Waals surface area contributed by atoms with E-state index in [1.54, 1.807) is 0 Å². The van der Waals surface area contributed by atoms with Crippen molar-refractivity contribution in [3.8, 4) is 0 Å². The molecular weight excluding hydrogens is 136 g/mol. The summed E-state index contributed by atoms with van der Waals surface area (Å²) in [4.78, 5) is 9.84. The molecule has 0 saturated carbocycles. The van der Waals surface area contributed by atoms with Gasteiger partial charge in [-0.1, -0.05) is 6.58 Å². The molecular formula is C4H6FeO2. The third-order valence-electron chi connectivity index (χ3n) is 0.368. The second-order valence-corrected chi connectivity index (χ2v) is 0.727. The molecule has 0 aromatic rings. The molecule has 0 N–H and O–H groups in total. The zero-order valence-electron chi connectivity index (χ0n) is 3.95. The van der Waals surface area contributed by atoms with Crippen LogP contribution in [-0.4, -0.2) is 13.1 Å². The molecule has 0 aliphatic rings. The number of hydrogen-bond donors (Lipinski definition) is 0. The van der Waals surface area contributed by atoms with E-state index in [2.05, 4.69) is 11.3 Å². The molecule has 0 rings (SSSR count). The van der Waals surface area contributed by atoms with Crippen molar-refractivity contribution in [1.29, 1.82) is 0 Å². The van der Waals surface area contributed by atoms with E-state index in [4.69, 9.17) is 0 Å². The summed E-state index contributed by atoms with van der Waals surface area (Å²) in [6.07, 6.45) is 1.11. The molecule has 7 heavy (non-hydrogen) atoms. The quantitative estimate of drug-likeness (QED) is 0.299. The van der Waals surface area contributed by atoms with E-state index in [0.29, 0.717) is 0 Å². The van der Waals surface area contributed by atoms with Crippen LogP contribution >= 0.6 is 0 Å². The molecule has 0 amide bonds. The molecule has 0 unspecified atom stereocenters. The minimum atomic E-state index is -0.394. The number of hydrogen-bond acceptors (Lipinski definition) is 2. The van der Waals surface area contributed by atoms with Gasteiger partial charge in [-0.3, -0.25) is 0 Å². The molecule has 0 aromatic heterocycles. The largest absolute Gasteiger partial charge is 0.466 e. The summed E-state index contributed by atoms with van der Waals surface area (Å²) in [5.74, 6) is -0.394. The first-order valence-electron chi connectivity index (χ1n) is 1.51. The van der Waals surface area contributed by atoms with Gasteiger partial charge in [0.25, 0.3) is 0 Å². The molecule has 0 bridgehead atoms. The van der Waals surface area contributed by atoms with Crippen molar-refractivity contribution in [3.63, 3.8) is 0 Å². The van der Waals surface area contributed by atoms with Gasteiger partial charge in [0.05, 0.1) is 7.11 Å². The van der Waals surface area contributed by atoms with E-state index in [-0.39, 0.29) is 17.1 Å². The van der Waals surface area contributed by atoms with Crippen LogP contribution < -0.4 is 0 Å². The van der Waals surface area contributed by atoms with E-state index in [1.165, 1.54) is 7.11 Å². The Morgan fingerprint density at radius 2 is 2.29 bits per heavy atom. The van der Waals surface area contributed by atoms with E-state index >= 15 is 0 Å². The number of carbonyl (C=O) groups excluding carboxylic acids is 1. The number of ether oxygens (including phenoxy) is 1. The van der Waals surface area contributed by atoms with Gasteiger partial charge in [0.15, 0.2) is 0 Å². The minimum Gasteiger partial charge on any atom is -0.466 e. The van der Waals surface area contributed by atoms with Gasteiger partial charge in [-0.05, 0) is 0 Å². The van der Waals surface area contributed by atoms with E-state index in [9.17, 15) is 4.79 Å². The maximum Gasteiger partial charge on any atom is 0.329 e. The zero-order valence-corrected chi connectivity index (χ0v) is 5.06. The number of methoxy groups -OCH3 is 1. The van der Waals surface area contributed by atoms with Crippen molar-refractivity contribution >= 4 is 5.97 Å². The van der Waals surface area contributed by atoms with E-state index < -0.39 is 5.97 Å². The van der Waals surface area contributed by atoms with Gasteiger partial charge in [-0.25, -0.2) is 4.79 Å². The zero-order chi connectivity index (χ0) is 4.99. The summed E-state index contributed by atoms with van der Waals surface area (Å²) >= 11 is 0. The van der Waals surface area contributed by atoms with Gasteiger partial charge in [0.2, 0.25) is 0 Å². The van der Waals surface area contributed by atoms with Gasteiger partial charge in [-0.15, -0.1) is 0 Å². The molecule has 0 spiro atoms. The Morgan fingerprint density at radius 1 is 1.86 bits per heavy atom. The summed E-state index contributed by atoms with van der Waals surface area (Å²) in [5, 5.41) is 0. The van der Waals surface area contributed by atoms with Gasteiger partial charge < -0.3 is 4.74 Å². The predicted octanol–water partition coefficient (Wildman–Crippen LogP) is 0.343. The molecule has 0 radical (unpaired) electrons. The molecule has 0 fully saturated rings. The van der Waals surface area contributed by atoms with E-state index in [1.807, 2.05) is 0 Å². The predicted molar refractivity (Wildman–Crippen MR) is 22.2 cm³/mol. The molecule has 3 heteroatoms. The molecule has 42 valence electrons. The Balaban J connectivity index is 0. The van der Waals surface area contributed by atoms with Crippen LogP contribution in [0.25, 0.3) is 0 Å². The van der Waals surface area contributed by atoms with Crippen LogP contribution in [-0.2, 0) is 26.6 Å². The molecule has 0 atom stereocenters. The van der Waals surface area contributed by atoms with Crippen LogP contribution in [0.5, 0.6) is 0 Å². The smallest absolute Gasteiger partial charge is 0.329 e. The fourth-order valence-corrected chi connectivity index (χ4v) is 0.0833. The van der Waals surface area contributed by atoms with Gasteiger partial charge >= 0.3 is 5.97 Å². The number of carbonyl (C=O) groups is 1. The van der Waals surface area contributed by atoms with Crippen LogP contribution in [0, 0.1) is 0 Å². The van der Waals surface area contributed by atoms with Crippen molar-refractivity contribution in [2.75, 3.05) is 7.11 Å². The average molecular weight is 142 g/mol. The Morgan fingerprint density at radius 3 is 2.29 bits per heavy atom. The van der Waals surface area contributed by atoms with Crippen molar-refractivity contribution in [1.82, 2.24) is 0 Å². The third-order valence-corrected chi connectivity index (χ3v) is 0.368. The molecule has 0 aliphatic heterocycles. The first-order valence-corrected chi connectivity index (χ1v) is 1.51. The van der Waals surface area contributed by atoms with Gasteiger partial charge in [0, 0.05) is 23.1 Å². The Hall–Kier alpha value is -0.271. The van der Waals surface area contributed by atoms with Crippen LogP contribution in [0.15, 0.2) is 12.7 Å². The topological polar surface area (TPSA) is 26.3 Å². The van der Waals surface area contributed by atoms with Gasteiger partial charge in [0.1, 0.15) is 0 Å². The summed E-state index contributed by atoms with van der Waals surface area (Å²) in [5.41, 5.74) is 0. The van der Waals surface area contributed by atoms with Crippen LogP contribution in [0.1, 0.15) is 0 Å². The first-order chi connectivity index (χ1) is 2.81. The molecule has 0 aromatic carbocycles. The maximum absolute atomic E-state index is 9.84. The average Bonchev–Trinajstić information content (AvgIpc) is 1.65. The summed E-state index contributed by atoms with van der Waals surface area (Å²) < 4.78 is 4.14. The molecule has 0 saturated heterocycles. The van der Waals surface area contributed by atoms with Crippen molar-refractivity contribution in [2.24, 2.45) is 0 Å². The summed E-state index contributed by atoms with van der Waals surface area (Å²) in [6.45, 7) is 3.16. The first kappa shape index (κ1) is 9.88. The normalized spacial score (nSPS) is 5.86. The maximum atomic E-state index is 9.84. The summed E-state index contributed by atoms with van der Waals surface area (Å²) in [7, 11) is 1.31. The van der Waals surface area contributed by atoms with Crippen molar-refractivity contribution < 1.29 is 26.6 Å². The Kier molecular flexibility index (Phi) is 8.08. The summed E-state index contributed by atoms with van der Waals surface area (Å²) in [6, 6.07) is 0. The molecule has 0 heterocycles. The Bertz CT molecular complexity index is 70.1. The SMILES string of the molecule is C=CC(=O)OC.[Fe]. The fourth-order valence-electron chi connectivity index (χ4n) is 0.0833. The third kappa shape index (κ3) is 5.73. The number of rotatable bonds is 1. The van der Waals surface area contributed by atoms with Crippen LogP contribution in [0.3, 0.4) is 0 Å². The number of esters is 1. The minimum absolute atomic E-state index is 0. The molecule has 2 nitrogen and oxygen atoms in total. The fraction of sp³-hybridized carbons (Fsp3) is 0.250.